The van der Waals surface area contributed by atoms with E-state index in [1.807, 2.05) is 13.8 Å². The van der Waals surface area contributed by atoms with Gasteiger partial charge in [0.15, 0.2) is 11.5 Å². The van der Waals surface area contributed by atoms with Crippen molar-refractivity contribution in [1.29, 1.82) is 0 Å². The van der Waals surface area contributed by atoms with E-state index in [2.05, 4.69) is 0 Å². The van der Waals surface area contributed by atoms with E-state index in [0.29, 0.717) is 5.75 Å². The Morgan fingerprint density at radius 2 is 1.73 bits per heavy atom. The monoisotopic (exact) mass is 365 g/mol. The van der Waals surface area contributed by atoms with Crippen molar-refractivity contribution in [1.82, 2.24) is 0 Å². The topological polar surface area (TPSA) is 95.7 Å². The molecule has 1 atom stereocenters. The molecule has 1 rings (SSSR count). The van der Waals surface area contributed by atoms with Crippen LogP contribution in [0.1, 0.15) is 59.8 Å². The lowest BCUT2D eigenvalue weighted by molar-refractivity contribution is -0.556. The lowest BCUT2D eigenvalue weighted by atomic mass is 9.90. The molecule has 1 aromatic carbocycles. The molecular formula is C19H27NO6. The Morgan fingerprint density at radius 3 is 2.19 bits per heavy atom. The molecule has 0 aromatic heterocycles. The first-order valence-corrected chi connectivity index (χ1v) is 8.92. The summed E-state index contributed by atoms with van der Waals surface area (Å²) in [5.41, 5.74) is -1.95. The average Bonchev–Trinajstić information content (AvgIpc) is 2.61. The van der Waals surface area contributed by atoms with E-state index in [1.165, 1.54) is 13.8 Å². The molecule has 0 aliphatic heterocycles. The van der Waals surface area contributed by atoms with E-state index < -0.39 is 16.4 Å². The number of esters is 1. The quantitative estimate of drug-likeness (QED) is 0.255. The summed E-state index contributed by atoms with van der Waals surface area (Å²) in [7, 11) is 0. The Kier molecular flexibility index (Phi) is 8.22. The Bertz CT molecular complexity index is 641. The number of para-hydroxylation sites is 2. The van der Waals surface area contributed by atoms with E-state index in [1.54, 1.807) is 24.3 Å². The van der Waals surface area contributed by atoms with Gasteiger partial charge in [-0.05, 0) is 31.9 Å². The molecule has 0 fully saturated rings. The van der Waals surface area contributed by atoms with Crippen molar-refractivity contribution in [3.8, 4) is 11.5 Å². The van der Waals surface area contributed by atoms with Crippen molar-refractivity contribution in [2.75, 3.05) is 0 Å². The van der Waals surface area contributed by atoms with Gasteiger partial charge in [0.25, 0.3) is 0 Å². The van der Waals surface area contributed by atoms with Crippen LogP contribution < -0.4 is 9.47 Å². The van der Waals surface area contributed by atoms with Crippen LogP contribution >= 0.6 is 0 Å². The van der Waals surface area contributed by atoms with Crippen LogP contribution in [0.15, 0.2) is 24.3 Å². The van der Waals surface area contributed by atoms with Gasteiger partial charge < -0.3 is 14.3 Å². The van der Waals surface area contributed by atoms with Crippen LogP contribution in [0.25, 0.3) is 0 Å². The van der Waals surface area contributed by atoms with Crippen LogP contribution in [0.4, 0.5) is 0 Å². The van der Waals surface area contributed by atoms with Gasteiger partial charge >= 0.3 is 11.5 Å². The number of hydrogen-bond donors (Lipinski definition) is 0. The zero-order valence-electron chi connectivity index (χ0n) is 15.8. The number of Topliss-reactive ketones (excluding diaryl/α,β-unsaturated/α-hetero) is 1. The second-order valence-corrected chi connectivity index (χ2v) is 6.24. The number of nitro groups is 1. The van der Waals surface area contributed by atoms with Gasteiger partial charge in [0.1, 0.15) is 5.78 Å². The average molecular weight is 365 g/mol. The molecule has 1 unspecified atom stereocenters. The molecule has 1 aromatic rings. The van der Waals surface area contributed by atoms with Crippen molar-refractivity contribution in [3.05, 3.63) is 34.4 Å². The highest BCUT2D eigenvalue weighted by Crippen LogP contribution is 2.32. The minimum Gasteiger partial charge on any atom is -0.487 e. The molecule has 0 bridgehead atoms. The SMILES string of the molecule is CCC(CC)Oc1ccccc1OC(=O)C(CC)(CCC(C)=O)[N+](=O)[O-]. The fraction of sp³-hybridized carbons (Fsp3) is 0.579. The van der Waals surface area contributed by atoms with Crippen LogP contribution in [0, 0.1) is 10.1 Å². The maximum absolute atomic E-state index is 12.7. The third kappa shape index (κ3) is 5.28. The highest BCUT2D eigenvalue weighted by atomic mass is 16.6. The number of ether oxygens (including phenoxy) is 2. The van der Waals surface area contributed by atoms with Crippen molar-refractivity contribution in [2.45, 2.75) is 71.4 Å². The predicted octanol–water partition coefficient (Wildman–Crippen LogP) is 3.95. The molecule has 0 aliphatic carbocycles. The van der Waals surface area contributed by atoms with Gasteiger partial charge in [-0.15, -0.1) is 0 Å². The molecule has 0 aliphatic rings. The van der Waals surface area contributed by atoms with Gasteiger partial charge in [-0.1, -0.05) is 32.9 Å². The second-order valence-electron chi connectivity index (χ2n) is 6.24. The Balaban J connectivity index is 3.09. The molecule has 0 heterocycles. The summed E-state index contributed by atoms with van der Waals surface area (Å²) in [6, 6.07) is 6.61. The lowest BCUT2D eigenvalue weighted by Gasteiger charge is -2.23. The molecular weight excluding hydrogens is 338 g/mol. The summed E-state index contributed by atoms with van der Waals surface area (Å²) in [6.45, 7) is 6.85. The lowest BCUT2D eigenvalue weighted by Crippen LogP contribution is -2.48. The third-order valence-corrected chi connectivity index (χ3v) is 4.46. The van der Waals surface area contributed by atoms with E-state index >= 15 is 0 Å². The number of ketones is 1. The number of rotatable bonds is 11. The largest absolute Gasteiger partial charge is 0.487 e. The van der Waals surface area contributed by atoms with Gasteiger partial charge in [0.2, 0.25) is 0 Å². The molecule has 144 valence electrons. The molecule has 0 saturated carbocycles. The Hall–Kier alpha value is -2.44. The van der Waals surface area contributed by atoms with Crippen LogP contribution in [-0.4, -0.2) is 28.3 Å². The third-order valence-electron chi connectivity index (χ3n) is 4.46. The second kappa shape index (κ2) is 9.89. The van der Waals surface area contributed by atoms with Gasteiger partial charge in [-0.2, -0.15) is 0 Å². The van der Waals surface area contributed by atoms with Crippen molar-refractivity contribution >= 4 is 11.8 Å². The predicted molar refractivity (Wildman–Crippen MR) is 97.0 cm³/mol. The van der Waals surface area contributed by atoms with Crippen LogP contribution in [0.5, 0.6) is 11.5 Å². The number of hydrogen-bond acceptors (Lipinski definition) is 6. The fourth-order valence-electron chi connectivity index (χ4n) is 2.56. The summed E-state index contributed by atoms with van der Waals surface area (Å²) in [5, 5.41) is 11.6. The van der Waals surface area contributed by atoms with Crippen molar-refractivity contribution in [2.24, 2.45) is 0 Å². The minimum absolute atomic E-state index is 0.0426. The normalized spacial score (nSPS) is 13.1. The number of carbonyl (C=O) groups excluding carboxylic acids is 2. The van der Waals surface area contributed by atoms with Gasteiger partial charge in [0, 0.05) is 24.2 Å². The molecule has 26 heavy (non-hydrogen) atoms. The fourth-order valence-corrected chi connectivity index (χ4v) is 2.56. The molecule has 7 heteroatoms. The van der Waals surface area contributed by atoms with E-state index in [9.17, 15) is 19.7 Å². The zero-order valence-corrected chi connectivity index (χ0v) is 15.8. The highest BCUT2D eigenvalue weighted by molar-refractivity contribution is 5.83. The van der Waals surface area contributed by atoms with Crippen molar-refractivity contribution < 1.29 is 24.0 Å². The molecule has 0 N–H and O–H groups in total. The number of benzene rings is 1. The minimum atomic E-state index is -1.95. The molecule has 0 saturated heterocycles. The standard InChI is InChI=1S/C19H27NO6/c1-5-15(6-2)25-16-10-8-9-11-17(16)26-18(22)19(7-3,20(23)24)13-12-14(4)21/h8-11,15H,5-7,12-13H2,1-4H3. The maximum Gasteiger partial charge on any atom is 0.390 e. The maximum atomic E-state index is 12.7. The summed E-state index contributed by atoms with van der Waals surface area (Å²) in [4.78, 5) is 34.9. The van der Waals surface area contributed by atoms with E-state index in [4.69, 9.17) is 9.47 Å². The van der Waals surface area contributed by atoms with Gasteiger partial charge in [0.05, 0.1) is 6.10 Å². The highest BCUT2D eigenvalue weighted by Gasteiger charge is 2.51. The molecule has 0 spiro atoms. The van der Waals surface area contributed by atoms with Gasteiger partial charge in [-0.25, -0.2) is 4.79 Å². The molecule has 7 nitrogen and oxygen atoms in total. The van der Waals surface area contributed by atoms with Crippen LogP contribution in [-0.2, 0) is 9.59 Å². The Labute approximate surface area is 153 Å². The first kappa shape index (κ1) is 21.6. The van der Waals surface area contributed by atoms with Gasteiger partial charge in [-0.3, -0.25) is 10.1 Å². The van der Waals surface area contributed by atoms with E-state index in [0.717, 1.165) is 12.8 Å². The van der Waals surface area contributed by atoms with Crippen molar-refractivity contribution in [3.63, 3.8) is 0 Å². The summed E-state index contributed by atoms with van der Waals surface area (Å²) >= 11 is 0. The first-order chi connectivity index (χ1) is 12.3. The van der Waals surface area contributed by atoms with Crippen LogP contribution in [0.3, 0.4) is 0 Å². The smallest absolute Gasteiger partial charge is 0.390 e. The number of nitrogens with zero attached hydrogens (tertiary/aromatic N) is 1. The number of carbonyl (C=O) groups is 2. The van der Waals surface area contributed by atoms with Crippen LogP contribution in [0.2, 0.25) is 0 Å². The van der Waals surface area contributed by atoms with E-state index in [-0.39, 0.29) is 36.9 Å². The molecule has 0 amide bonds. The first-order valence-electron chi connectivity index (χ1n) is 8.92. The summed E-state index contributed by atoms with van der Waals surface area (Å²) < 4.78 is 11.2. The Morgan fingerprint density at radius 1 is 1.15 bits per heavy atom. The molecule has 0 radical (unpaired) electrons. The summed E-state index contributed by atoms with van der Waals surface area (Å²) in [6.07, 6.45) is 1.20. The zero-order chi connectivity index (χ0) is 19.7. The summed E-state index contributed by atoms with van der Waals surface area (Å²) in [5.74, 6) is -0.678.